The molecule has 1 fully saturated rings. The molecule has 170 valence electrons. The molecule has 2 aromatic carbocycles. The predicted molar refractivity (Wildman–Crippen MR) is 122 cm³/mol. The number of ketones is 1. The van der Waals surface area contributed by atoms with Crippen molar-refractivity contribution in [3.8, 4) is 11.5 Å². The largest absolute Gasteiger partial charge is 0.497 e. The van der Waals surface area contributed by atoms with E-state index in [0.29, 0.717) is 34.3 Å². The van der Waals surface area contributed by atoms with Crippen molar-refractivity contribution in [2.45, 2.75) is 6.42 Å². The van der Waals surface area contributed by atoms with Gasteiger partial charge in [-0.3, -0.25) is 14.4 Å². The van der Waals surface area contributed by atoms with Crippen LogP contribution in [0.3, 0.4) is 0 Å². The molecule has 0 saturated carbocycles. The topological polar surface area (TPSA) is 103 Å². The lowest BCUT2D eigenvalue weighted by Crippen LogP contribution is -2.28. The molecule has 2 heterocycles. The fraction of sp³-hybridized carbons (Fsp3) is 0.250. The monoisotopic (exact) mass is 448 g/mol. The van der Waals surface area contributed by atoms with Crippen LogP contribution >= 0.6 is 0 Å². The van der Waals surface area contributed by atoms with Crippen LogP contribution < -0.4 is 19.7 Å². The first-order valence-corrected chi connectivity index (χ1v) is 10.4. The van der Waals surface area contributed by atoms with E-state index in [0.717, 1.165) is 0 Å². The van der Waals surface area contributed by atoms with Gasteiger partial charge in [-0.25, -0.2) is 4.98 Å². The second kappa shape index (κ2) is 9.15. The van der Waals surface area contributed by atoms with Crippen molar-refractivity contribution in [1.29, 1.82) is 0 Å². The Kier molecular flexibility index (Phi) is 6.12. The third-order valence-corrected chi connectivity index (χ3v) is 5.61. The molecule has 1 saturated heterocycles. The second-order valence-electron chi connectivity index (χ2n) is 7.70. The first-order valence-electron chi connectivity index (χ1n) is 10.4. The number of anilines is 2. The number of benzene rings is 2. The normalized spacial score (nSPS) is 15.4. The minimum Gasteiger partial charge on any atom is -0.497 e. The van der Waals surface area contributed by atoms with Crippen LogP contribution in [0, 0.1) is 5.92 Å². The van der Waals surface area contributed by atoms with Gasteiger partial charge in [0.15, 0.2) is 5.82 Å². The van der Waals surface area contributed by atoms with Crippen LogP contribution in [0.2, 0.25) is 0 Å². The average Bonchev–Trinajstić information content (AvgIpc) is 3.44. The van der Waals surface area contributed by atoms with Crippen LogP contribution in [0.4, 0.5) is 11.4 Å². The van der Waals surface area contributed by atoms with Gasteiger partial charge in [-0.05, 0) is 36.4 Å². The highest BCUT2D eigenvalue weighted by Crippen LogP contribution is 2.36. The fourth-order valence-electron chi connectivity index (χ4n) is 3.79. The molecule has 9 heteroatoms. The molecule has 1 unspecified atom stereocenters. The number of carbonyl (C=O) groups excluding carboxylic acids is 3. The molecule has 0 radical (unpaired) electrons. The zero-order valence-corrected chi connectivity index (χ0v) is 18.6. The number of aryl methyl sites for hydroxylation is 1. The standard InChI is InChI=1S/C24H24N4O5/c1-27-11-10-25-23(27)22(30)15-4-6-17(7-5-15)26-24(31)16-12-21(29)28(14-16)19-13-18(32-2)8-9-20(19)33-3/h4-11,13,16H,12,14H2,1-3H3,(H,26,31). The summed E-state index contributed by atoms with van der Waals surface area (Å²) >= 11 is 0. The van der Waals surface area contributed by atoms with E-state index in [1.807, 2.05) is 0 Å². The van der Waals surface area contributed by atoms with E-state index in [1.165, 1.54) is 7.11 Å². The van der Waals surface area contributed by atoms with Gasteiger partial charge in [-0.2, -0.15) is 0 Å². The number of hydrogen-bond acceptors (Lipinski definition) is 6. The number of nitrogens with zero attached hydrogens (tertiary/aromatic N) is 3. The van der Waals surface area contributed by atoms with Crippen molar-refractivity contribution in [3.63, 3.8) is 0 Å². The van der Waals surface area contributed by atoms with Crippen molar-refractivity contribution in [3.05, 3.63) is 66.2 Å². The molecular weight excluding hydrogens is 424 g/mol. The molecule has 1 N–H and O–H groups in total. The number of carbonyl (C=O) groups is 3. The molecule has 1 atom stereocenters. The number of nitrogens with one attached hydrogen (secondary N) is 1. The van der Waals surface area contributed by atoms with Crippen molar-refractivity contribution in [1.82, 2.24) is 9.55 Å². The second-order valence-corrected chi connectivity index (χ2v) is 7.70. The number of imidazole rings is 1. The summed E-state index contributed by atoms with van der Waals surface area (Å²) in [6.45, 7) is 0.226. The molecule has 33 heavy (non-hydrogen) atoms. The summed E-state index contributed by atoms with van der Waals surface area (Å²) in [6.07, 6.45) is 3.35. The molecular formula is C24H24N4O5. The molecule has 1 aliphatic rings. The highest BCUT2D eigenvalue weighted by atomic mass is 16.5. The summed E-state index contributed by atoms with van der Waals surface area (Å²) < 4.78 is 12.3. The maximum absolute atomic E-state index is 12.8. The zero-order chi connectivity index (χ0) is 23.5. The lowest BCUT2D eigenvalue weighted by Gasteiger charge is -2.20. The van der Waals surface area contributed by atoms with E-state index in [1.54, 1.807) is 78.5 Å². The van der Waals surface area contributed by atoms with Crippen LogP contribution in [0.25, 0.3) is 0 Å². The Balaban J connectivity index is 1.44. The highest BCUT2D eigenvalue weighted by Gasteiger charge is 2.36. The van der Waals surface area contributed by atoms with Gasteiger partial charge in [-0.1, -0.05) is 0 Å². The number of ether oxygens (including phenoxy) is 2. The molecule has 0 bridgehead atoms. The van der Waals surface area contributed by atoms with E-state index in [2.05, 4.69) is 10.3 Å². The summed E-state index contributed by atoms with van der Waals surface area (Å²) in [6, 6.07) is 11.8. The summed E-state index contributed by atoms with van der Waals surface area (Å²) in [5.74, 6) is 0.287. The molecule has 0 aliphatic carbocycles. The maximum Gasteiger partial charge on any atom is 0.229 e. The third-order valence-electron chi connectivity index (χ3n) is 5.61. The molecule has 9 nitrogen and oxygen atoms in total. The van der Waals surface area contributed by atoms with E-state index in [9.17, 15) is 14.4 Å². The van der Waals surface area contributed by atoms with Crippen molar-refractivity contribution in [2.75, 3.05) is 31.0 Å². The summed E-state index contributed by atoms with van der Waals surface area (Å²) in [7, 11) is 4.82. The molecule has 4 rings (SSSR count). The van der Waals surface area contributed by atoms with Crippen LogP contribution in [0.5, 0.6) is 11.5 Å². The van der Waals surface area contributed by atoms with E-state index in [4.69, 9.17) is 9.47 Å². The van der Waals surface area contributed by atoms with Gasteiger partial charge in [0.2, 0.25) is 17.6 Å². The molecule has 0 spiro atoms. The Morgan fingerprint density at radius 3 is 2.48 bits per heavy atom. The number of aromatic nitrogens is 2. The Morgan fingerprint density at radius 1 is 1.09 bits per heavy atom. The third kappa shape index (κ3) is 4.43. The van der Waals surface area contributed by atoms with Crippen molar-refractivity contribution < 1.29 is 23.9 Å². The Hall–Kier alpha value is -4.14. The van der Waals surface area contributed by atoms with Gasteiger partial charge in [0.25, 0.3) is 0 Å². The number of methoxy groups -OCH3 is 2. The molecule has 1 aromatic heterocycles. The van der Waals surface area contributed by atoms with Crippen molar-refractivity contribution in [2.24, 2.45) is 13.0 Å². The minimum absolute atomic E-state index is 0.0852. The summed E-state index contributed by atoms with van der Waals surface area (Å²) in [4.78, 5) is 43.7. The van der Waals surface area contributed by atoms with Crippen LogP contribution in [-0.2, 0) is 16.6 Å². The number of rotatable bonds is 7. The van der Waals surface area contributed by atoms with Gasteiger partial charge in [-0.15, -0.1) is 0 Å². The van der Waals surface area contributed by atoms with Gasteiger partial charge in [0, 0.05) is 49.7 Å². The Labute approximate surface area is 190 Å². The van der Waals surface area contributed by atoms with Gasteiger partial charge in [0.1, 0.15) is 11.5 Å². The van der Waals surface area contributed by atoms with Crippen LogP contribution in [0.15, 0.2) is 54.9 Å². The lowest BCUT2D eigenvalue weighted by atomic mass is 10.1. The Morgan fingerprint density at radius 2 is 1.85 bits per heavy atom. The average molecular weight is 448 g/mol. The summed E-state index contributed by atoms with van der Waals surface area (Å²) in [5, 5.41) is 2.83. The predicted octanol–water partition coefficient (Wildman–Crippen LogP) is 2.66. The number of amides is 2. The maximum atomic E-state index is 12.8. The zero-order valence-electron chi connectivity index (χ0n) is 18.6. The first-order chi connectivity index (χ1) is 15.9. The summed E-state index contributed by atoms with van der Waals surface area (Å²) in [5.41, 5.74) is 1.57. The van der Waals surface area contributed by atoms with Crippen molar-refractivity contribution >= 4 is 29.0 Å². The fourth-order valence-corrected chi connectivity index (χ4v) is 3.79. The number of hydrogen-bond donors (Lipinski definition) is 1. The van der Waals surface area contributed by atoms with Crippen LogP contribution in [0.1, 0.15) is 22.6 Å². The quantitative estimate of drug-likeness (QED) is 0.558. The molecule has 3 aromatic rings. The van der Waals surface area contributed by atoms with Crippen LogP contribution in [-0.4, -0.2) is 47.9 Å². The smallest absolute Gasteiger partial charge is 0.229 e. The van der Waals surface area contributed by atoms with E-state index in [-0.39, 0.29) is 30.6 Å². The van der Waals surface area contributed by atoms with Gasteiger partial charge in [0.05, 0.1) is 25.8 Å². The minimum atomic E-state index is -0.526. The molecule has 1 aliphatic heterocycles. The van der Waals surface area contributed by atoms with Gasteiger partial charge >= 0.3 is 0 Å². The lowest BCUT2D eigenvalue weighted by molar-refractivity contribution is -0.122. The first kappa shape index (κ1) is 22.1. The Bertz CT molecular complexity index is 1200. The SMILES string of the molecule is COc1ccc(OC)c(N2CC(C(=O)Nc3ccc(C(=O)c4nccn4C)cc3)CC2=O)c1. The molecule has 2 amide bonds. The van der Waals surface area contributed by atoms with Gasteiger partial charge < -0.3 is 24.3 Å². The highest BCUT2D eigenvalue weighted by molar-refractivity contribution is 6.07. The van der Waals surface area contributed by atoms with E-state index < -0.39 is 5.92 Å². The van der Waals surface area contributed by atoms with E-state index >= 15 is 0 Å².